The third-order valence-corrected chi connectivity index (χ3v) is 3.15. The van der Waals surface area contributed by atoms with Crippen LogP contribution in [0.5, 0.6) is 11.5 Å². The lowest BCUT2D eigenvalue weighted by Gasteiger charge is -2.06. The van der Waals surface area contributed by atoms with E-state index in [1.54, 1.807) is 19.1 Å². The van der Waals surface area contributed by atoms with E-state index in [4.69, 9.17) is 0 Å². The van der Waals surface area contributed by atoms with Crippen molar-refractivity contribution in [3.05, 3.63) is 47.7 Å². The highest BCUT2D eigenvalue weighted by molar-refractivity contribution is 6.06. The number of pyridine rings is 1. The molecule has 8 nitrogen and oxygen atoms in total. The third kappa shape index (κ3) is 5.31. The van der Waals surface area contributed by atoms with Crippen molar-refractivity contribution in [3.8, 4) is 11.5 Å². The van der Waals surface area contributed by atoms with Gasteiger partial charge in [-0.3, -0.25) is 9.59 Å². The van der Waals surface area contributed by atoms with E-state index in [2.05, 4.69) is 20.8 Å². The summed E-state index contributed by atoms with van der Waals surface area (Å²) in [6, 6.07) is 8.86. The molecule has 0 atom stereocenters. The van der Waals surface area contributed by atoms with Crippen LogP contribution in [0.15, 0.2) is 41.5 Å². The van der Waals surface area contributed by atoms with Crippen LogP contribution in [0.25, 0.3) is 0 Å². The summed E-state index contributed by atoms with van der Waals surface area (Å²) in [4.78, 5) is 28.0. The van der Waals surface area contributed by atoms with E-state index in [0.717, 1.165) is 11.8 Å². The Hall–Kier alpha value is -3.42. The first kappa shape index (κ1) is 17.9. The van der Waals surface area contributed by atoms with Crippen molar-refractivity contribution in [1.82, 2.24) is 10.4 Å². The molecule has 25 heavy (non-hydrogen) atoms. The van der Waals surface area contributed by atoms with Gasteiger partial charge in [0.25, 0.3) is 5.91 Å². The van der Waals surface area contributed by atoms with Gasteiger partial charge in [-0.05, 0) is 38.1 Å². The monoisotopic (exact) mass is 342 g/mol. The number of benzene rings is 1. The fourth-order valence-corrected chi connectivity index (χ4v) is 1.99. The quantitative estimate of drug-likeness (QED) is 0.488. The van der Waals surface area contributed by atoms with Crippen molar-refractivity contribution < 1.29 is 19.8 Å². The minimum absolute atomic E-state index is 0.0303. The fraction of sp³-hybridized carbons (Fsp3) is 0.176. The number of aromatic hydroxyl groups is 2. The van der Waals surface area contributed by atoms with Gasteiger partial charge in [-0.25, -0.2) is 10.4 Å². The number of hydrogen-bond acceptors (Lipinski definition) is 6. The molecule has 2 rings (SSSR count). The molecule has 0 unspecified atom stereocenters. The van der Waals surface area contributed by atoms with E-state index in [1.807, 2.05) is 13.0 Å². The normalized spacial score (nSPS) is 11.0. The van der Waals surface area contributed by atoms with Gasteiger partial charge in [0.2, 0.25) is 5.91 Å². The molecule has 0 aliphatic heterocycles. The largest absolute Gasteiger partial charge is 0.508 e. The zero-order valence-electron chi connectivity index (χ0n) is 13.8. The van der Waals surface area contributed by atoms with Crippen LogP contribution < -0.4 is 10.7 Å². The van der Waals surface area contributed by atoms with Crippen molar-refractivity contribution in [2.75, 3.05) is 5.32 Å². The van der Waals surface area contributed by atoms with Gasteiger partial charge >= 0.3 is 0 Å². The number of amides is 2. The van der Waals surface area contributed by atoms with Crippen LogP contribution in [-0.4, -0.2) is 32.7 Å². The highest BCUT2D eigenvalue weighted by atomic mass is 16.3. The van der Waals surface area contributed by atoms with Crippen LogP contribution in [0.3, 0.4) is 0 Å². The third-order valence-electron chi connectivity index (χ3n) is 3.15. The smallest absolute Gasteiger partial charge is 0.275 e. The SMILES string of the molecule is C/C(CC(=O)Nc1cccc(C)n1)=N\NC(=O)c1ccc(O)cc1O. The molecule has 2 amide bonds. The predicted octanol–water partition coefficient (Wildman–Crippen LogP) is 1.94. The first-order valence-electron chi connectivity index (χ1n) is 7.44. The Morgan fingerprint density at radius 3 is 2.64 bits per heavy atom. The Balaban J connectivity index is 1.92. The molecule has 0 aliphatic rings. The van der Waals surface area contributed by atoms with E-state index < -0.39 is 5.91 Å². The molecular weight excluding hydrogens is 324 g/mol. The fourth-order valence-electron chi connectivity index (χ4n) is 1.99. The lowest BCUT2D eigenvalue weighted by atomic mass is 10.2. The van der Waals surface area contributed by atoms with Crippen LogP contribution in [0.2, 0.25) is 0 Å². The molecule has 1 aromatic heterocycles. The summed E-state index contributed by atoms with van der Waals surface area (Å²) in [5.74, 6) is -1.06. The van der Waals surface area contributed by atoms with Crippen LogP contribution in [-0.2, 0) is 4.79 Å². The van der Waals surface area contributed by atoms with Gasteiger partial charge in [0.05, 0.1) is 12.0 Å². The van der Waals surface area contributed by atoms with Gasteiger partial charge in [-0.2, -0.15) is 5.10 Å². The molecule has 0 saturated carbocycles. The van der Waals surface area contributed by atoms with Crippen molar-refractivity contribution in [3.63, 3.8) is 0 Å². The molecular formula is C17H18N4O4. The number of aryl methyl sites for hydroxylation is 1. The van der Waals surface area contributed by atoms with Gasteiger partial charge in [0.1, 0.15) is 17.3 Å². The van der Waals surface area contributed by atoms with Crippen molar-refractivity contribution in [2.24, 2.45) is 5.10 Å². The second-order valence-corrected chi connectivity index (χ2v) is 5.38. The molecule has 0 radical (unpaired) electrons. The van der Waals surface area contributed by atoms with Gasteiger partial charge < -0.3 is 15.5 Å². The van der Waals surface area contributed by atoms with Crippen LogP contribution >= 0.6 is 0 Å². The van der Waals surface area contributed by atoms with E-state index >= 15 is 0 Å². The molecule has 0 saturated heterocycles. The standard InChI is InChI=1S/C17H18N4O4/c1-10-4-3-5-15(18-10)19-16(24)8-11(2)20-21-17(25)13-7-6-12(22)9-14(13)23/h3-7,9,22-23H,8H2,1-2H3,(H,21,25)(H,18,19,24)/b20-11+. The van der Waals surface area contributed by atoms with Crippen molar-refractivity contribution in [1.29, 1.82) is 0 Å². The molecule has 0 bridgehead atoms. The number of anilines is 1. The lowest BCUT2D eigenvalue weighted by molar-refractivity contribution is -0.115. The molecule has 0 fully saturated rings. The zero-order valence-corrected chi connectivity index (χ0v) is 13.8. The van der Waals surface area contributed by atoms with Crippen molar-refractivity contribution >= 4 is 23.3 Å². The summed E-state index contributed by atoms with van der Waals surface area (Å²) in [5.41, 5.74) is 3.36. The first-order valence-corrected chi connectivity index (χ1v) is 7.44. The van der Waals surface area contributed by atoms with Crippen LogP contribution in [0.1, 0.15) is 29.4 Å². The number of hydrazone groups is 1. The zero-order chi connectivity index (χ0) is 18.4. The minimum Gasteiger partial charge on any atom is -0.508 e. The van der Waals surface area contributed by atoms with E-state index in [0.29, 0.717) is 11.5 Å². The maximum absolute atomic E-state index is 11.9. The second kappa shape index (κ2) is 7.91. The van der Waals surface area contributed by atoms with Gasteiger partial charge in [0, 0.05) is 17.5 Å². The average molecular weight is 342 g/mol. The van der Waals surface area contributed by atoms with E-state index in [9.17, 15) is 19.8 Å². The second-order valence-electron chi connectivity index (χ2n) is 5.38. The molecule has 4 N–H and O–H groups in total. The van der Waals surface area contributed by atoms with Crippen molar-refractivity contribution in [2.45, 2.75) is 20.3 Å². The highest BCUT2D eigenvalue weighted by Crippen LogP contribution is 2.22. The molecule has 0 aliphatic carbocycles. The lowest BCUT2D eigenvalue weighted by Crippen LogP contribution is -2.21. The maximum atomic E-state index is 11.9. The summed E-state index contributed by atoms with van der Waals surface area (Å²) in [7, 11) is 0. The number of aromatic nitrogens is 1. The molecule has 8 heteroatoms. The first-order chi connectivity index (χ1) is 11.8. The van der Waals surface area contributed by atoms with E-state index in [1.165, 1.54) is 12.1 Å². The number of nitrogens with one attached hydrogen (secondary N) is 2. The van der Waals surface area contributed by atoms with Crippen LogP contribution in [0.4, 0.5) is 5.82 Å². The number of nitrogens with zero attached hydrogens (tertiary/aromatic N) is 2. The van der Waals surface area contributed by atoms with Gasteiger partial charge in [-0.1, -0.05) is 6.07 Å². The summed E-state index contributed by atoms with van der Waals surface area (Å²) in [5, 5.41) is 25.3. The van der Waals surface area contributed by atoms with E-state index in [-0.39, 0.29) is 29.4 Å². The molecule has 1 aromatic carbocycles. The summed E-state index contributed by atoms with van der Waals surface area (Å²) >= 11 is 0. The number of rotatable bonds is 5. The summed E-state index contributed by atoms with van der Waals surface area (Å²) < 4.78 is 0. The minimum atomic E-state index is -0.655. The average Bonchev–Trinajstić information content (AvgIpc) is 2.52. The number of phenolic OH excluding ortho intramolecular Hbond substituents is 2. The van der Waals surface area contributed by atoms with Crippen LogP contribution in [0, 0.1) is 6.92 Å². The summed E-state index contributed by atoms with van der Waals surface area (Å²) in [6.07, 6.45) is -0.0303. The Morgan fingerprint density at radius 1 is 1.20 bits per heavy atom. The molecule has 130 valence electrons. The maximum Gasteiger partial charge on any atom is 0.275 e. The number of hydrogen-bond donors (Lipinski definition) is 4. The Bertz CT molecular complexity index is 833. The highest BCUT2D eigenvalue weighted by Gasteiger charge is 2.11. The van der Waals surface area contributed by atoms with Gasteiger partial charge in [0.15, 0.2) is 0 Å². The number of carbonyl (C=O) groups is 2. The Kier molecular flexibility index (Phi) is 5.67. The van der Waals surface area contributed by atoms with Gasteiger partial charge in [-0.15, -0.1) is 0 Å². The summed E-state index contributed by atoms with van der Waals surface area (Å²) in [6.45, 7) is 3.40. The topological polar surface area (TPSA) is 124 Å². The predicted molar refractivity (Wildman–Crippen MR) is 92.6 cm³/mol. The molecule has 2 aromatic rings. The Morgan fingerprint density at radius 2 is 1.96 bits per heavy atom. The number of carbonyl (C=O) groups excluding carboxylic acids is 2. The Labute approximate surface area is 144 Å². The molecule has 1 heterocycles. The molecule has 0 spiro atoms. The number of phenols is 2.